The van der Waals surface area contributed by atoms with Gasteiger partial charge >= 0.3 is 11.9 Å². The Morgan fingerprint density at radius 2 is 1.00 bits per heavy atom. The van der Waals surface area contributed by atoms with Crippen LogP contribution >= 0.6 is 0 Å². The van der Waals surface area contributed by atoms with E-state index in [0.717, 1.165) is 28.9 Å². The highest BCUT2D eigenvalue weighted by molar-refractivity contribution is 5.84. The second kappa shape index (κ2) is 8.99. The number of hydrogen-bond donors (Lipinski definition) is 2. The molecule has 0 aliphatic rings. The van der Waals surface area contributed by atoms with E-state index in [-0.39, 0.29) is 11.9 Å². The molecule has 2 aromatic carbocycles. The maximum atomic E-state index is 11.8. The first-order valence-corrected chi connectivity index (χ1v) is 9.48. The van der Waals surface area contributed by atoms with Crippen molar-refractivity contribution in [3.05, 3.63) is 59.7 Å². The number of carbonyl (C=O) groups excluding carboxylic acids is 2. The molecule has 156 valence electrons. The van der Waals surface area contributed by atoms with E-state index in [1.165, 1.54) is 14.2 Å². The van der Waals surface area contributed by atoms with Gasteiger partial charge in [-0.25, -0.2) is 9.59 Å². The Balaban J connectivity index is 2.00. The molecule has 0 bridgehead atoms. The minimum atomic E-state index is -0.795. The molecule has 2 aromatic rings. The van der Waals surface area contributed by atoms with Gasteiger partial charge in [0.1, 0.15) is 11.1 Å². The smallest absolute Gasteiger partial charge is 0.330 e. The average Bonchev–Trinajstić information content (AvgIpc) is 2.69. The lowest BCUT2D eigenvalue weighted by atomic mass is 10.0. The van der Waals surface area contributed by atoms with E-state index in [4.69, 9.17) is 9.47 Å². The van der Waals surface area contributed by atoms with Crippen LogP contribution in [0.4, 0.5) is 11.4 Å². The van der Waals surface area contributed by atoms with Crippen molar-refractivity contribution in [1.82, 2.24) is 0 Å². The molecule has 6 heteroatoms. The Labute approximate surface area is 172 Å². The zero-order valence-corrected chi connectivity index (χ0v) is 18.0. The summed E-state index contributed by atoms with van der Waals surface area (Å²) in [5, 5.41) is 6.37. The monoisotopic (exact) mass is 398 g/mol. The molecule has 0 saturated carbocycles. The third-order valence-electron chi connectivity index (χ3n) is 4.62. The molecular formula is C23H30N2O4. The number of esters is 2. The van der Waals surface area contributed by atoms with Crippen molar-refractivity contribution < 1.29 is 19.1 Å². The first-order valence-electron chi connectivity index (χ1n) is 9.48. The summed E-state index contributed by atoms with van der Waals surface area (Å²) in [4.78, 5) is 23.6. The van der Waals surface area contributed by atoms with E-state index >= 15 is 0 Å². The molecule has 0 aromatic heterocycles. The van der Waals surface area contributed by atoms with Crippen molar-refractivity contribution in [2.24, 2.45) is 0 Å². The van der Waals surface area contributed by atoms with Crippen LogP contribution in [0.15, 0.2) is 48.5 Å². The van der Waals surface area contributed by atoms with Gasteiger partial charge in [-0.3, -0.25) is 0 Å². The molecule has 0 saturated heterocycles. The topological polar surface area (TPSA) is 76.7 Å². The van der Waals surface area contributed by atoms with Crippen LogP contribution in [0.25, 0.3) is 0 Å². The van der Waals surface area contributed by atoms with Gasteiger partial charge in [0.2, 0.25) is 0 Å². The minimum Gasteiger partial charge on any atom is -0.467 e. The fraction of sp³-hybridized carbons (Fsp3) is 0.391. The highest BCUT2D eigenvalue weighted by Gasteiger charge is 2.29. The van der Waals surface area contributed by atoms with Gasteiger partial charge in [-0.1, -0.05) is 24.3 Å². The summed E-state index contributed by atoms with van der Waals surface area (Å²) in [5.74, 6) is -0.628. The van der Waals surface area contributed by atoms with Gasteiger partial charge in [0.05, 0.1) is 14.2 Å². The second-order valence-electron chi connectivity index (χ2n) is 8.05. The highest BCUT2D eigenvalue weighted by Crippen LogP contribution is 2.21. The summed E-state index contributed by atoms with van der Waals surface area (Å²) in [6.07, 6.45) is 0.779. The number of ether oxygens (including phenoxy) is 2. The minimum absolute atomic E-state index is 0.314. The summed E-state index contributed by atoms with van der Waals surface area (Å²) >= 11 is 0. The van der Waals surface area contributed by atoms with Gasteiger partial charge in [0, 0.05) is 11.4 Å². The predicted molar refractivity (Wildman–Crippen MR) is 115 cm³/mol. The van der Waals surface area contributed by atoms with E-state index in [2.05, 4.69) is 10.6 Å². The van der Waals surface area contributed by atoms with Crippen molar-refractivity contribution >= 4 is 23.3 Å². The van der Waals surface area contributed by atoms with Crippen molar-refractivity contribution in [1.29, 1.82) is 0 Å². The molecule has 0 heterocycles. The van der Waals surface area contributed by atoms with Crippen molar-refractivity contribution in [2.45, 2.75) is 45.2 Å². The predicted octanol–water partition coefficient (Wildman–Crippen LogP) is 4.00. The van der Waals surface area contributed by atoms with E-state index in [1.54, 1.807) is 27.7 Å². The first-order chi connectivity index (χ1) is 13.6. The summed E-state index contributed by atoms with van der Waals surface area (Å²) in [7, 11) is 2.76. The van der Waals surface area contributed by atoms with Crippen molar-refractivity contribution in [3.8, 4) is 0 Å². The summed E-state index contributed by atoms with van der Waals surface area (Å²) in [5.41, 5.74) is 2.43. The lowest BCUT2D eigenvalue weighted by molar-refractivity contribution is -0.145. The molecule has 2 N–H and O–H groups in total. The Bertz CT molecular complexity index is 769. The molecule has 0 fully saturated rings. The van der Waals surface area contributed by atoms with Gasteiger partial charge in [0.15, 0.2) is 0 Å². The van der Waals surface area contributed by atoms with Gasteiger partial charge in [0.25, 0.3) is 0 Å². The Kier molecular flexibility index (Phi) is 6.90. The van der Waals surface area contributed by atoms with E-state index < -0.39 is 11.1 Å². The van der Waals surface area contributed by atoms with Crippen LogP contribution in [0.1, 0.15) is 38.8 Å². The molecule has 0 aliphatic heterocycles. The third kappa shape index (κ3) is 5.98. The number of anilines is 2. The lowest BCUT2D eigenvalue weighted by Gasteiger charge is -2.24. The molecule has 0 aliphatic carbocycles. The number of nitrogens with one attached hydrogen (secondary N) is 2. The van der Waals surface area contributed by atoms with Crippen molar-refractivity contribution in [3.63, 3.8) is 0 Å². The molecule has 29 heavy (non-hydrogen) atoms. The number of benzene rings is 2. The van der Waals surface area contributed by atoms with Gasteiger partial charge < -0.3 is 20.1 Å². The fourth-order valence-corrected chi connectivity index (χ4v) is 2.98. The summed E-state index contributed by atoms with van der Waals surface area (Å²) < 4.78 is 9.63. The van der Waals surface area contributed by atoms with Crippen LogP contribution in [-0.2, 0) is 25.5 Å². The highest BCUT2D eigenvalue weighted by atomic mass is 16.5. The zero-order valence-electron chi connectivity index (χ0n) is 18.0. The van der Waals surface area contributed by atoms with Crippen LogP contribution in [0.2, 0.25) is 0 Å². The fourth-order valence-electron chi connectivity index (χ4n) is 2.98. The molecule has 0 amide bonds. The Morgan fingerprint density at radius 1 is 0.690 bits per heavy atom. The number of carbonyl (C=O) groups is 2. The van der Waals surface area contributed by atoms with Crippen LogP contribution < -0.4 is 10.6 Å². The normalized spacial score (nSPS) is 11.5. The summed E-state index contributed by atoms with van der Waals surface area (Å²) in [6.45, 7) is 7.13. The van der Waals surface area contributed by atoms with Crippen LogP contribution in [0.3, 0.4) is 0 Å². The Hall–Kier alpha value is -3.02. The van der Waals surface area contributed by atoms with Gasteiger partial charge in [-0.2, -0.15) is 0 Å². The molecule has 0 atom stereocenters. The van der Waals surface area contributed by atoms with E-state index in [9.17, 15) is 9.59 Å². The molecule has 0 unspecified atom stereocenters. The van der Waals surface area contributed by atoms with Crippen LogP contribution in [0.5, 0.6) is 0 Å². The molecule has 2 rings (SSSR count). The largest absolute Gasteiger partial charge is 0.467 e. The average molecular weight is 399 g/mol. The Morgan fingerprint density at radius 3 is 1.28 bits per heavy atom. The molecule has 6 nitrogen and oxygen atoms in total. The number of methoxy groups -OCH3 is 2. The first kappa shape index (κ1) is 22.3. The number of rotatable bonds is 8. The van der Waals surface area contributed by atoms with Gasteiger partial charge in [-0.05, 0) is 69.5 Å². The van der Waals surface area contributed by atoms with E-state index in [0.29, 0.717) is 0 Å². The molecule has 0 radical (unpaired) electrons. The maximum Gasteiger partial charge on any atom is 0.330 e. The third-order valence-corrected chi connectivity index (χ3v) is 4.62. The zero-order chi connectivity index (χ0) is 21.7. The quantitative estimate of drug-likeness (QED) is 0.655. The van der Waals surface area contributed by atoms with Crippen molar-refractivity contribution in [2.75, 3.05) is 24.9 Å². The summed E-state index contributed by atoms with van der Waals surface area (Å²) in [6, 6.07) is 15.9. The standard InChI is InChI=1S/C23H30N2O4/c1-22(2,20(26)28-5)24-18-11-7-16(8-12-18)15-17-9-13-19(14-10-17)25-23(3,4)21(27)29-6/h7-14,24-25H,15H2,1-6H3. The maximum absolute atomic E-state index is 11.8. The molecule has 0 spiro atoms. The van der Waals surface area contributed by atoms with Crippen LogP contribution in [0, 0.1) is 0 Å². The van der Waals surface area contributed by atoms with E-state index in [1.807, 2.05) is 48.5 Å². The van der Waals surface area contributed by atoms with Crippen LogP contribution in [-0.4, -0.2) is 37.2 Å². The van der Waals surface area contributed by atoms with Gasteiger partial charge in [-0.15, -0.1) is 0 Å². The molecular weight excluding hydrogens is 368 g/mol. The number of hydrogen-bond acceptors (Lipinski definition) is 6. The second-order valence-corrected chi connectivity index (χ2v) is 8.05. The lowest BCUT2D eigenvalue weighted by Crippen LogP contribution is -2.41. The SMILES string of the molecule is COC(=O)C(C)(C)Nc1ccc(Cc2ccc(NC(C)(C)C(=O)OC)cc2)cc1.